The van der Waals surface area contributed by atoms with Crippen LogP contribution in [0, 0.1) is 18.3 Å². The molecule has 3 rings (SSSR count). The number of benzene rings is 3. The second-order valence-electron chi connectivity index (χ2n) is 7.57. The highest BCUT2D eigenvalue weighted by molar-refractivity contribution is 6.32. The van der Waals surface area contributed by atoms with E-state index < -0.39 is 5.91 Å². The predicted octanol–water partition coefficient (Wildman–Crippen LogP) is 6.41. The molecule has 186 valence electrons. The van der Waals surface area contributed by atoms with Crippen LogP contribution in [0.5, 0.6) is 23.0 Å². The van der Waals surface area contributed by atoms with Gasteiger partial charge >= 0.3 is 0 Å². The standard InChI is InChI=1S/C27H24Cl2N2O5/c1-16-5-7-20(13-21(16)28)31-26(32)15-36-27-22(29)10-17(11-25(27)35-4)9-19(14-30)18-6-8-23(33-2)24(12-18)34-3/h5-13H,15H2,1-4H3,(H,31,32)/b19-9+. The summed E-state index contributed by atoms with van der Waals surface area (Å²) in [6.45, 7) is 1.57. The number of hydrogen-bond acceptors (Lipinski definition) is 6. The smallest absolute Gasteiger partial charge is 0.262 e. The number of nitrogens with one attached hydrogen (secondary N) is 1. The van der Waals surface area contributed by atoms with E-state index in [1.165, 1.54) is 21.3 Å². The van der Waals surface area contributed by atoms with Gasteiger partial charge in [-0.15, -0.1) is 0 Å². The van der Waals surface area contributed by atoms with Gasteiger partial charge in [0.05, 0.1) is 38.0 Å². The molecule has 0 spiro atoms. The number of halogens is 2. The molecule has 0 saturated heterocycles. The third kappa shape index (κ3) is 6.42. The van der Waals surface area contributed by atoms with Gasteiger partial charge in [-0.25, -0.2) is 0 Å². The minimum Gasteiger partial charge on any atom is -0.493 e. The molecular formula is C27H24Cl2N2O5. The van der Waals surface area contributed by atoms with Crippen molar-refractivity contribution in [3.05, 3.63) is 75.3 Å². The number of nitriles is 1. The van der Waals surface area contributed by atoms with Gasteiger partial charge in [-0.05, 0) is 72.2 Å². The molecule has 0 aliphatic carbocycles. The van der Waals surface area contributed by atoms with Crippen molar-refractivity contribution in [3.8, 4) is 29.1 Å². The first-order valence-corrected chi connectivity index (χ1v) is 11.5. The van der Waals surface area contributed by atoms with Crippen LogP contribution < -0.4 is 24.3 Å². The third-order valence-corrected chi connectivity index (χ3v) is 5.87. The van der Waals surface area contributed by atoms with Crippen molar-refractivity contribution in [1.82, 2.24) is 0 Å². The third-order valence-electron chi connectivity index (χ3n) is 5.18. The molecule has 0 radical (unpaired) electrons. The minimum atomic E-state index is -0.391. The van der Waals surface area contributed by atoms with Crippen molar-refractivity contribution in [2.45, 2.75) is 6.92 Å². The molecule has 3 aromatic rings. The Bertz CT molecular complexity index is 1350. The van der Waals surface area contributed by atoms with Crippen molar-refractivity contribution in [3.63, 3.8) is 0 Å². The first kappa shape index (κ1) is 26.7. The van der Waals surface area contributed by atoms with Crippen molar-refractivity contribution < 1.29 is 23.7 Å². The normalized spacial score (nSPS) is 10.9. The van der Waals surface area contributed by atoms with Crippen molar-refractivity contribution in [2.75, 3.05) is 33.3 Å². The zero-order valence-corrected chi connectivity index (χ0v) is 21.7. The number of nitrogens with zero attached hydrogens (tertiary/aromatic N) is 1. The maximum atomic E-state index is 12.4. The van der Waals surface area contributed by atoms with Crippen LogP contribution in [0.4, 0.5) is 5.69 Å². The first-order valence-electron chi connectivity index (χ1n) is 10.7. The number of aryl methyl sites for hydroxylation is 1. The Balaban J connectivity index is 1.80. The van der Waals surface area contributed by atoms with Crippen LogP contribution in [0.25, 0.3) is 11.6 Å². The summed E-state index contributed by atoms with van der Waals surface area (Å²) in [4.78, 5) is 12.4. The van der Waals surface area contributed by atoms with Crippen LogP contribution in [0.3, 0.4) is 0 Å². The highest BCUT2D eigenvalue weighted by Gasteiger charge is 2.15. The van der Waals surface area contributed by atoms with E-state index in [9.17, 15) is 10.1 Å². The highest BCUT2D eigenvalue weighted by Crippen LogP contribution is 2.38. The molecular weight excluding hydrogens is 503 g/mol. The maximum absolute atomic E-state index is 12.4. The van der Waals surface area contributed by atoms with Crippen LogP contribution >= 0.6 is 23.2 Å². The predicted molar refractivity (Wildman–Crippen MR) is 141 cm³/mol. The molecule has 1 N–H and O–H groups in total. The zero-order chi connectivity index (χ0) is 26.2. The fraction of sp³-hybridized carbons (Fsp3) is 0.185. The maximum Gasteiger partial charge on any atom is 0.262 e. The Labute approximate surface area is 219 Å². The molecule has 0 aliphatic rings. The summed E-state index contributed by atoms with van der Waals surface area (Å²) in [5.41, 5.74) is 3.07. The quantitative estimate of drug-likeness (QED) is 0.256. The summed E-state index contributed by atoms with van der Waals surface area (Å²) in [5.74, 6) is 1.18. The van der Waals surface area contributed by atoms with E-state index in [0.717, 1.165) is 5.56 Å². The molecule has 0 fully saturated rings. The number of hydrogen-bond donors (Lipinski definition) is 1. The number of carbonyl (C=O) groups excluding carboxylic acids is 1. The fourth-order valence-electron chi connectivity index (χ4n) is 3.32. The number of carbonyl (C=O) groups is 1. The summed E-state index contributed by atoms with van der Waals surface area (Å²) in [7, 11) is 4.52. The number of anilines is 1. The first-order chi connectivity index (χ1) is 17.3. The van der Waals surface area contributed by atoms with Gasteiger partial charge in [0, 0.05) is 10.7 Å². The van der Waals surface area contributed by atoms with Crippen molar-refractivity contribution in [2.24, 2.45) is 0 Å². The Morgan fingerprint density at radius 1 is 0.944 bits per heavy atom. The van der Waals surface area contributed by atoms with Gasteiger partial charge in [-0.3, -0.25) is 4.79 Å². The van der Waals surface area contributed by atoms with E-state index in [4.69, 9.17) is 42.1 Å². The van der Waals surface area contributed by atoms with E-state index in [0.29, 0.717) is 44.7 Å². The largest absolute Gasteiger partial charge is 0.493 e. The van der Waals surface area contributed by atoms with Crippen LogP contribution in [-0.4, -0.2) is 33.8 Å². The number of ether oxygens (including phenoxy) is 4. The molecule has 7 nitrogen and oxygen atoms in total. The monoisotopic (exact) mass is 526 g/mol. The Morgan fingerprint density at radius 2 is 1.67 bits per heavy atom. The van der Waals surface area contributed by atoms with Crippen molar-refractivity contribution in [1.29, 1.82) is 5.26 Å². The molecule has 0 aromatic heterocycles. The van der Waals surface area contributed by atoms with E-state index in [1.807, 2.05) is 13.0 Å². The Kier molecular flexibility index (Phi) is 9.07. The molecule has 0 unspecified atom stereocenters. The lowest BCUT2D eigenvalue weighted by molar-refractivity contribution is -0.118. The minimum absolute atomic E-state index is 0.207. The topological polar surface area (TPSA) is 89.8 Å². The van der Waals surface area contributed by atoms with Crippen LogP contribution in [-0.2, 0) is 4.79 Å². The average molecular weight is 527 g/mol. The molecule has 1 amide bonds. The summed E-state index contributed by atoms with van der Waals surface area (Å²) >= 11 is 12.6. The Hall–Kier alpha value is -3.86. The van der Waals surface area contributed by atoms with Crippen LogP contribution in [0.1, 0.15) is 16.7 Å². The molecule has 0 heterocycles. The lowest BCUT2D eigenvalue weighted by Gasteiger charge is -2.14. The number of rotatable bonds is 9. The SMILES string of the molecule is COc1ccc(/C(C#N)=C/c2cc(Cl)c(OCC(=O)Nc3ccc(C)c(Cl)c3)c(OC)c2)cc1OC. The van der Waals surface area contributed by atoms with E-state index in [-0.39, 0.29) is 17.4 Å². The molecule has 9 heteroatoms. The molecule has 0 atom stereocenters. The molecule has 0 aliphatic heterocycles. The van der Waals surface area contributed by atoms with Gasteiger partial charge in [-0.1, -0.05) is 29.3 Å². The van der Waals surface area contributed by atoms with Gasteiger partial charge in [0.1, 0.15) is 0 Å². The van der Waals surface area contributed by atoms with Crippen LogP contribution in [0.2, 0.25) is 10.0 Å². The summed E-state index contributed by atoms with van der Waals surface area (Å²) < 4.78 is 21.7. The number of methoxy groups -OCH3 is 3. The lowest BCUT2D eigenvalue weighted by Crippen LogP contribution is -2.20. The highest BCUT2D eigenvalue weighted by atomic mass is 35.5. The second-order valence-corrected chi connectivity index (χ2v) is 8.39. The van der Waals surface area contributed by atoms with Crippen LogP contribution in [0.15, 0.2) is 48.5 Å². The summed E-state index contributed by atoms with van der Waals surface area (Å²) in [6.07, 6.45) is 1.66. The van der Waals surface area contributed by atoms with E-state index in [2.05, 4.69) is 11.4 Å². The number of allylic oxidation sites excluding steroid dienone is 1. The summed E-state index contributed by atoms with van der Waals surface area (Å²) in [6, 6.07) is 15.9. The molecule has 0 bridgehead atoms. The molecule has 3 aromatic carbocycles. The van der Waals surface area contributed by atoms with Gasteiger partial charge in [0.25, 0.3) is 5.91 Å². The Morgan fingerprint density at radius 3 is 2.31 bits per heavy atom. The zero-order valence-electron chi connectivity index (χ0n) is 20.1. The average Bonchev–Trinajstić information content (AvgIpc) is 2.88. The van der Waals surface area contributed by atoms with Gasteiger partial charge < -0.3 is 24.3 Å². The van der Waals surface area contributed by atoms with Gasteiger partial charge in [0.2, 0.25) is 0 Å². The van der Waals surface area contributed by atoms with Gasteiger partial charge in [-0.2, -0.15) is 5.26 Å². The summed E-state index contributed by atoms with van der Waals surface area (Å²) in [5, 5.41) is 13.2. The van der Waals surface area contributed by atoms with E-state index >= 15 is 0 Å². The number of amides is 1. The van der Waals surface area contributed by atoms with Gasteiger partial charge in [0.15, 0.2) is 29.6 Å². The van der Waals surface area contributed by atoms with E-state index in [1.54, 1.807) is 48.5 Å². The van der Waals surface area contributed by atoms with Crippen molar-refractivity contribution >= 4 is 46.4 Å². The second kappa shape index (κ2) is 12.2. The molecule has 36 heavy (non-hydrogen) atoms. The fourth-order valence-corrected chi connectivity index (χ4v) is 3.77. The molecule has 0 saturated carbocycles. The lowest BCUT2D eigenvalue weighted by atomic mass is 10.0.